The maximum Gasteiger partial charge on any atom is 0.179 e. The fourth-order valence-corrected chi connectivity index (χ4v) is 3.42. The number of thiocarbonyl (C=S) groups is 2. The largest absolute Gasteiger partial charge is 0.379 e. The van der Waals surface area contributed by atoms with Gasteiger partial charge in [-0.15, -0.1) is 0 Å². The summed E-state index contributed by atoms with van der Waals surface area (Å²) < 4.78 is 5.38. The smallest absolute Gasteiger partial charge is 0.179 e. The highest BCUT2D eigenvalue weighted by Gasteiger charge is 2.29. The molecule has 2 heterocycles. The Morgan fingerprint density at radius 1 is 1.13 bits per heavy atom. The number of benzene rings is 1. The van der Waals surface area contributed by atoms with Crippen LogP contribution in [0.4, 0.5) is 5.69 Å². The van der Waals surface area contributed by atoms with Crippen molar-refractivity contribution in [3.63, 3.8) is 0 Å². The van der Waals surface area contributed by atoms with Gasteiger partial charge in [-0.1, -0.05) is 11.6 Å². The third-order valence-corrected chi connectivity index (χ3v) is 4.96. The summed E-state index contributed by atoms with van der Waals surface area (Å²) in [6.07, 6.45) is 0. The van der Waals surface area contributed by atoms with Crippen LogP contribution in [-0.4, -0.2) is 71.0 Å². The van der Waals surface area contributed by atoms with E-state index in [1.165, 1.54) is 0 Å². The Labute approximate surface area is 152 Å². The van der Waals surface area contributed by atoms with Crippen LogP contribution in [0.15, 0.2) is 24.3 Å². The average Bonchev–Trinajstić information content (AvgIpc) is 2.92. The Hall–Kier alpha value is -0.990. The standard InChI is InChI=1S/C15H19ClN4OS2/c16-12-1-3-13(4-2-12)17-14(22)20-6-5-19(15(20)23)11-18-7-9-21-10-8-18/h1-4H,5-11H2,(H,17,22). The van der Waals surface area contributed by atoms with Gasteiger partial charge in [0.05, 0.1) is 19.9 Å². The Balaban J connectivity index is 1.55. The van der Waals surface area contributed by atoms with Crippen LogP contribution in [0.2, 0.25) is 5.02 Å². The number of nitrogens with one attached hydrogen (secondary N) is 1. The number of hydrogen-bond acceptors (Lipinski definition) is 4. The predicted octanol–water partition coefficient (Wildman–Crippen LogP) is 2.23. The van der Waals surface area contributed by atoms with Crippen molar-refractivity contribution in [2.75, 3.05) is 51.4 Å². The highest BCUT2D eigenvalue weighted by molar-refractivity contribution is 7.82. The molecule has 2 fully saturated rings. The first-order valence-corrected chi connectivity index (χ1v) is 8.76. The first kappa shape index (κ1) is 16.9. The second kappa shape index (κ2) is 7.72. The molecule has 2 aliphatic heterocycles. The maximum absolute atomic E-state index is 5.90. The van der Waals surface area contributed by atoms with Crippen molar-refractivity contribution in [2.24, 2.45) is 0 Å². The van der Waals surface area contributed by atoms with Crippen LogP contribution in [-0.2, 0) is 4.74 Å². The van der Waals surface area contributed by atoms with E-state index in [-0.39, 0.29) is 0 Å². The van der Waals surface area contributed by atoms with Crippen molar-refractivity contribution < 1.29 is 4.74 Å². The van der Waals surface area contributed by atoms with Crippen LogP contribution in [0.25, 0.3) is 0 Å². The molecule has 5 nitrogen and oxygen atoms in total. The molecule has 2 saturated heterocycles. The van der Waals surface area contributed by atoms with Gasteiger partial charge in [-0.3, -0.25) is 9.80 Å². The van der Waals surface area contributed by atoms with Crippen molar-refractivity contribution in [2.45, 2.75) is 0 Å². The second-order valence-corrected chi connectivity index (χ2v) is 6.69. The van der Waals surface area contributed by atoms with Crippen molar-refractivity contribution in [1.82, 2.24) is 14.7 Å². The van der Waals surface area contributed by atoms with Gasteiger partial charge in [0, 0.05) is 36.9 Å². The molecule has 0 radical (unpaired) electrons. The van der Waals surface area contributed by atoms with Crippen LogP contribution in [0.3, 0.4) is 0 Å². The fraction of sp³-hybridized carbons (Fsp3) is 0.467. The van der Waals surface area contributed by atoms with E-state index < -0.39 is 0 Å². The summed E-state index contributed by atoms with van der Waals surface area (Å²) in [4.78, 5) is 6.52. The molecule has 0 unspecified atom stereocenters. The van der Waals surface area contributed by atoms with E-state index in [0.717, 1.165) is 56.9 Å². The molecule has 0 bridgehead atoms. The van der Waals surface area contributed by atoms with Gasteiger partial charge in [0.1, 0.15) is 0 Å². The summed E-state index contributed by atoms with van der Waals surface area (Å²) in [5.41, 5.74) is 0.911. The second-order valence-electron chi connectivity index (χ2n) is 5.51. The maximum atomic E-state index is 5.90. The molecule has 0 aromatic heterocycles. The fourth-order valence-electron chi connectivity index (χ4n) is 2.61. The zero-order valence-corrected chi connectivity index (χ0v) is 15.1. The summed E-state index contributed by atoms with van der Waals surface area (Å²) in [7, 11) is 0. The van der Waals surface area contributed by atoms with Crippen LogP contribution >= 0.6 is 36.0 Å². The molecule has 2 aliphatic rings. The highest BCUT2D eigenvalue weighted by atomic mass is 35.5. The van der Waals surface area contributed by atoms with Gasteiger partial charge in [-0.25, -0.2) is 0 Å². The number of ether oxygens (including phenoxy) is 1. The number of halogens is 1. The lowest BCUT2D eigenvalue weighted by molar-refractivity contribution is 0.0231. The van der Waals surface area contributed by atoms with Crippen molar-refractivity contribution in [3.05, 3.63) is 29.3 Å². The van der Waals surface area contributed by atoms with E-state index in [1.807, 2.05) is 29.2 Å². The van der Waals surface area contributed by atoms with E-state index in [4.69, 9.17) is 40.8 Å². The molecule has 1 N–H and O–H groups in total. The summed E-state index contributed by atoms with van der Waals surface area (Å²) in [6.45, 7) is 6.02. The van der Waals surface area contributed by atoms with E-state index in [1.54, 1.807) is 0 Å². The predicted molar refractivity (Wildman–Crippen MR) is 101 cm³/mol. The van der Waals surface area contributed by atoms with E-state index in [9.17, 15) is 0 Å². The third kappa shape index (κ3) is 4.30. The molecule has 23 heavy (non-hydrogen) atoms. The molecule has 0 atom stereocenters. The molecule has 124 valence electrons. The molecule has 8 heteroatoms. The lowest BCUT2D eigenvalue weighted by Gasteiger charge is -2.31. The molecule has 0 saturated carbocycles. The van der Waals surface area contributed by atoms with Crippen LogP contribution in [0, 0.1) is 0 Å². The molecular formula is C15H19ClN4OS2. The minimum Gasteiger partial charge on any atom is -0.379 e. The summed E-state index contributed by atoms with van der Waals surface area (Å²) in [5.74, 6) is 0. The number of morpholine rings is 1. The normalized spacial score (nSPS) is 19.3. The zero-order valence-electron chi connectivity index (χ0n) is 12.7. The van der Waals surface area contributed by atoms with Gasteiger partial charge in [0.2, 0.25) is 0 Å². The molecule has 1 aromatic carbocycles. The lowest BCUT2D eigenvalue weighted by atomic mass is 10.3. The highest BCUT2D eigenvalue weighted by Crippen LogP contribution is 2.16. The minimum absolute atomic E-state index is 0.627. The molecule has 3 rings (SSSR count). The van der Waals surface area contributed by atoms with Crippen molar-refractivity contribution in [1.29, 1.82) is 0 Å². The summed E-state index contributed by atoms with van der Waals surface area (Å²) >= 11 is 17.0. The first-order chi connectivity index (χ1) is 11.1. The molecule has 1 aromatic rings. The van der Waals surface area contributed by atoms with E-state index >= 15 is 0 Å². The van der Waals surface area contributed by atoms with Gasteiger partial charge in [0.15, 0.2) is 10.2 Å². The van der Waals surface area contributed by atoms with Crippen LogP contribution in [0.5, 0.6) is 0 Å². The van der Waals surface area contributed by atoms with Crippen molar-refractivity contribution >= 4 is 51.9 Å². The Morgan fingerprint density at radius 2 is 1.83 bits per heavy atom. The molecule has 0 amide bonds. The first-order valence-electron chi connectivity index (χ1n) is 7.56. The number of anilines is 1. The molecule has 0 aliphatic carbocycles. The average molecular weight is 371 g/mol. The topological polar surface area (TPSA) is 31.0 Å². The molecule has 0 spiro atoms. The summed E-state index contributed by atoms with van der Waals surface area (Å²) in [5, 5.41) is 5.33. The lowest BCUT2D eigenvalue weighted by Crippen LogP contribution is -2.46. The Kier molecular flexibility index (Phi) is 5.66. The molecular weight excluding hydrogens is 352 g/mol. The number of rotatable bonds is 3. The van der Waals surface area contributed by atoms with E-state index in [0.29, 0.717) is 10.1 Å². The minimum atomic E-state index is 0.627. The monoisotopic (exact) mass is 370 g/mol. The van der Waals surface area contributed by atoms with Crippen LogP contribution in [0.1, 0.15) is 0 Å². The van der Waals surface area contributed by atoms with Crippen molar-refractivity contribution in [3.8, 4) is 0 Å². The number of hydrogen-bond donors (Lipinski definition) is 1. The summed E-state index contributed by atoms with van der Waals surface area (Å²) in [6, 6.07) is 7.47. The van der Waals surface area contributed by atoms with Gasteiger partial charge in [0.25, 0.3) is 0 Å². The van der Waals surface area contributed by atoms with Gasteiger partial charge in [-0.05, 0) is 48.7 Å². The van der Waals surface area contributed by atoms with Crippen LogP contribution < -0.4 is 5.32 Å². The van der Waals surface area contributed by atoms with E-state index in [2.05, 4.69) is 15.1 Å². The van der Waals surface area contributed by atoms with Gasteiger partial charge < -0.3 is 15.0 Å². The Morgan fingerprint density at radius 3 is 2.52 bits per heavy atom. The quantitative estimate of drug-likeness (QED) is 0.816. The van der Waals surface area contributed by atoms with Gasteiger partial charge >= 0.3 is 0 Å². The Bertz CT molecular complexity index is 577. The zero-order chi connectivity index (χ0) is 16.2. The number of nitrogens with zero attached hydrogens (tertiary/aromatic N) is 3. The SMILES string of the molecule is S=C(Nc1ccc(Cl)cc1)N1CCN(CN2CCOCC2)C1=S. The third-order valence-electron chi connectivity index (χ3n) is 3.91. The van der Waals surface area contributed by atoms with Gasteiger partial charge in [-0.2, -0.15) is 0 Å².